The Balaban J connectivity index is 1.73. The largest absolute Gasteiger partial charge is 0.312 e. The smallest absolute Gasteiger partial charge is 0.144 e. The molecule has 0 saturated heterocycles. The first-order chi connectivity index (χ1) is 15.8. The third-order valence-corrected chi connectivity index (χ3v) is 7.18. The van der Waals surface area contributed by atoms with Gasteiger partial charge in [-0.3, -0.25) is 0 Å². The van der Waals surface area contributed by atoms with Gasteiger partial charge >= 0.3 is 0 Å². The second kappa shape index (κ2) is 7.27. The molecule has 0 amide bonds. The van der Waals surface area contributed by atoms with Crippen molar-refractivity contribution in [3.63, 3.8) is 0 Å². The number of benzene rings is 2. The van der Waals surface area contributed by atoms with Crippen LogP contribution in [0.15, 0.2) is 64.4 Å². The highest BCUT2D eigenvalue weighted by Gasteiger charge is 2.24. The molecule has 2 aliphatic rings. The molecule has 3 heterocycles. The van der Waals surface area contributed by atoms with Crippen molar-refractivity contribution in [1.29, 1.82) is 10.5 Å². The highest BCUT2D eigenvalue weighted by molar-refractivity contribution is 7.99. The van der Waals surface area contributed by atoms with Gasteiger partial charge in [0, 0.05) is 26.4 Å². The van der Waals surface area contributed by atoms with E-state index in [1.54, 1.807) is 23.9 Å². The molecule has 150 valence electrons. The Bertz CT molecular complexity index is 1540. The molecule has 0 atom stereocenters. The quantitative estimate of drug-likeness (QED) is 0.311. The zero-order chi connectivity index (χ0) is 21.7. The van der Waals surface area contributed by atoms with Crippen LogP contribution >= 0.6 is 11.8 Å². The SMILES string of the molecule is N#Cc1cc(-n2c3c(c4ccc5c(c42)Sc2ccccc2C=C5)C=CCC3)cc(C#N)n1. The number of aromatic nitrogens is 2. The topological polar surface area (TPSA) is 65.4 Å². The lowest BCUT2D eigenvalue weighted by atomic mass is 10.0. The van der Waals surface area contributed by atoms with Gasteiger partial charge in [-0.1, -0.05) is 66.4 Å². The van der Waals surface area contributed by atoms with E-state index < -0.39 is 0 Å². The minimum atomic E-state index is 0.251. The molecule has 0 saturated carbocycles. The Morgan fingerprint density at radius 3 is 2.50 bits per heavy atom. The van der Waals surface area contributed by atoms with Crippen molar-refractivity contribution in [2.24, 2.45) is 0 Å². The molecular formula is C27H16N4S. The minimum Gasteiger partial charge on any atom is -0.312 e. The van der Waals surface area contributed by atoms with E-state index in [0.29, 0.717) is 0 Å². The number of rotatable bonds is 1. The fraction of sp³-hybridized carbons (Fsp3) is 0.0741. The molecule has 0 unspecified atom stereocenters. The third-order valence-electron chi connectivity index (χ3n) is 5.96. The second-order valence-corrected chi connectivity index (χ2v) is 8.86. The maximum Gasteiger partial charge on any atom is 0.144 e. The van der Waals surface area contributed by atoms with Crippen LogP contribution in [0.4, 0.5) is 0 Å². The van der Waals surface area contributed by atoms with Gasteiger partial charge in [-0.25, -0.2) is 4.98 Å². The second-order valence-electron chi connectivity index (χ2n) is 7.81. The average Bonchev–Trinajstić information content (AvgIpc) is 3.06. The van der Waals surface area contributed by atoms with Crippen LogP contribution in [0, 0.1) is 22.7 Å². The highest BCUT2D eigenvalue weighted by Crippen LogP contribution is 2.45. The number of nitriles is 2. The van der Waals surface area contributed by atoms with Crippen LogP contribution in [0.3, 0.4) is 0 Å². The maximum atomic E-state index is 9.51. The van der Waals surface area contributed by atoms with Gasteiger partial charge in [0.1, 0.15) is 23.5 Å². The van der Waals surface area contributed by atoms with Crippen molar-refractivity contribution in [1.82, 2.24) is 9.55 Å². The van der Waals surface area contributed by atoms with Gasteiger partial charge < -0.3 is 4.57 Å². The van der Waals surface area contributed by atoms with Crippen molar-refractivity contribution in [2.45, 2.75) is 22.6 Å². The van der Waals surface area contributed by atoms with Gasteiger partial charge in [-0.05, 0) is 42.2 Å². The van der Waals surface area contributed by atoms with Gasteiger partial charge in [0.2, 0.25) is 0 Å². The Labute approximate surface area is 189 Å². The lowest BCUT2D eigenvalue weighted by Crippen LogP contribution is -2.05. The Morgan fingerprint density at radius 1 is 0.906 bits per heavy atom. The van der Waals surface area contributed by atoms with E-state index >= 15 is 0 Å². The van der Waals surface area contributed by atoms with E-state index in [4.69, 9.17) is 0 Å². The van der Waals surface area contributed by atoms with E-state index in [1.807, 2.05) is 0 Å². The standard InChI is InChI=1S/C27H16N4S/c28-15-19-13-21(14-20(16-29)30-19)31-24-7-3-2-6-22(24)23-12-11-18-10-9-17-5-1-4-8-25(17)32-27(18)26(23)31/h1-2,4-6,8-14H,3,7H2. The zero-order valence-corrected chi connectivity index (χ0v) is 17.9. The van der Waals surface area contributed by atoms with E-state index in [-0.39, 0.29) is 11.4 Å². The van der Waals surface area contributed by atoms with Crippen LogP contribution < -0.4 is 0 Å². The van der Waals surface area contributed by atoms with Crippen LogP contribution in [0.5, 0.6) is 0 Å². The summed E-state index contributed by atoms with van der Waals surface area (Å²) >= 11 is 1.77. The molecule has 0 fully saturated rings. The molecule has 32 heavy (non-hydrogen) atoms. The summed E-state index contributed by atoms with van der Waals surface area (Å²) in [6.07, 6.45) is 10.6. The third kappa shape index (κ3) is 2.80. The van der Waals surface area contributed by atoms with Crippen LogP contribution in [-0.4, -0.2) is 9.55 Å². The molecule has 1 aliphatic carbocycles. The first-order valence-corrected chi connectivity index (χ1v) is 11.2. The molecule has 4 nitrogen and oxygen atoms in total. The molecule has 2 aromatic carbocycles. The summed E-state index contributed by atoms with van der Waals surface area (Å²) in [7, 11) is 0. The summed E-state index contributed by atoms with van der Waals surface area (Å²) in [5, 5.41) is 20.2. The Morgan fingerprint density at radius 2 is 1.69 bits per heavy atom. The van der Waals surface area contributed by atoms with Crippen LogP contribution in [0.25, 0.3) is 34.8 Å². The Kier molecular flexibility index (Phi) is 4.24. The van der Waals surface area contributed by atoms with Crippen LogP contribution in [-0.2, 0) is 6.42 Å². The van der Waals surface area contributed by atoms with Crippen molar-refractivity contribution in [3.8, 4) is 17.8 Å². The van der Waals surface area contributed by atoms with Crippen molar-refractivity contribution < 1.29 is 0 Å². The van der Waals surface area contributed by atoms with Crippen molar-refractivity contribution >= 4 is 40.9 Å². The van der Waals surface area contributed by atoms with Gasteiger partial charge in [0.05, 0.1) is 11.2 Å². The number of hydrogen-bond donors (Lipinski definition) is 0. The molecule has 0 N–H and O–H groups in total. The molecule has 1 aliphatic heterocycles. The maximum absolute atomic E-state index is 9.51. The van der Waals surface area contributed by atoms with E-state index in [0.717, 1.165) is 29.6 Å². The fourth-order valence-corrected chi connectivity index (χ4v) is 5.75. The van der Waals surface area contributed by atoms with Crippen LogP contribution in [0.2, 0.25) is 0 Å². The van der Waals surface area contributed by atoms with E-state index in [9.17, 15) is 10.5 Å². The first-order valence-electron chi connectivity index (χ1n) is 10.4. The highest BCUT2D eigenvalue weighted by atomic mass is 32.2. The van der Waals surface area contributed by atoms with Gasteiger partial charge in [-0.2, -0.15) is 10.5 Å². The Hall–Kier alpha value is -4.06. The summed E-state index contributed by atoms with van der Waals surface area (Å²) in [5.74, 6) is 0. The summed E-state index contributed by atoms with van der Waals surface area (Å²) in [5.41, 5.74) is 7.21. The molecule has 0 bridgehead atoms. The van der Waals surface area contributed by atoms with Crippen molar-refractivity contribution in [3.05, 3.63) is 88.4 Å². The summed E-state index contributed by atoms with van der Waals surface area (Å²) in [6.45, 7) is 0. The summed E-state index contributed by atoms with van der Waals surface area (Å²) < 4.78 is 2.24. The van der Waals surface area contributed by atoms with E-state index in [2.05, 4.69) is 82.4 Å². The summed E-state index contributed by atoms with van der Waals surface area (Å²) in [4.78, 5) is 6.53. The monoisotopic (exact) mass is 428 g/mol. The molecule has 0 radical (unpaired) electrons. The van der Waals surface area contributed by atoms with Gasteiger partial charge in [0.25, 0.3) is 0 Å². The predicted molar refractivity (Wildman–Crippen MR) is 127 cm³/mol. The number of hydrogen-bond acceptors (Lipinski definition) is 4. The predicted octanol–water partition coefficient (Wildman–Crippen LogP) is 6.36. The molecular weight excluding hydrogens is 412 g/mol. The molecule has 2 aromatic heterocycles. The molecule has 0 spiro atoms. The zero-order valence-electron chi connectivity index (χ0n) is 17.0. The lowest BCUT2D eigenvalue weighted by Gasteiger charge is -2.16. The molecule has 5 heteroatoms. The van der Waals surface area contributed by atoms with E-state index in [1.165, 1.54) is 32.0 Å². The average molecular weight is 429 g/mol. The van der Waals surface area contributed by atoms with Gasteiger partial charge in [-0.15, -0.1) is 0 Å². The minimum absolute atomic E-state index is 0.251. The van der Waals surface area contributed by atoms with Crippen molar-refractivity contribution in [2.75, 3.05) is 0 Å². The normalized spacial score (nSPS) is 13.6. The summed E-state index contributed by atoms with van der Waals surface area (Å²) in [6, 6.07) is 20.6. The van der Waals surface area contributed by atoms with Gasteiger partial charge in [0.15, 0.2) is 0 Å². The number of allylic oxidation sites excluding steroid dienone is 1. The number of pyridine rings is 1. The fourth-order valence-electron chi connectivity index (χ4n) is 4.57. The van der Waals surface area contributed by atoms with Crippen LogP contribution in [0.1, 0.15) is 40.2 Å². The first kappa shape index (κ1) is 18.7. The number of fused-ring (bicyclic) bond motifs is 6. The molecule has 4 aromatic rings. The lowest BCUT2D eigenvalue weighted by molar-refractivity contribution is 0.883. The number of nitrogens with zero attached hydrogens (tertiary/aromatic N) is 4. The molecule has 6 rings (SSSR count).